The van der Waals surface area contributed by atoms with Gasteiger partial charge in [-0.3, -0.25) is 0 Å². The number of hydrogen-bond donors (Lipinski definition) is 0. The van der Waals surface area contributed by atoms with Crippen LogP contribution in [-0.4, -0.2) is 0 Å². The summed E-state index contributed by atoms with van der Waals surface area (Å²) in [6.07, 6.45) is 0. The Bertz CT molecular complexity index is 4.00. The first-order chi connectivity index (χ1) is 0. The van der Waals surface area contributed by atoms with Gasteiger partial charge in [0, 0.05) is 0 Å². The first-order valence-electron chi connectivity index (χ1n) is 0. The van der Waals surface area contributed by atoms with Crippen LogP contribution in [0.25, 0.3) is 0 Å². The van der Waals surface area contributed by atoms with E-state index in [2.05, 4.69) is 0 Å². The molecule has 0 amide bonds. The molecule has 0 bridgehead atoms. The zero-order valence-electron chi connectivity index (χ0n) is 1.63. The smallest absolute Gasteiger partial charge is 0.107 e. The van der Waals surface area contributed by atoms with Crippen LogP contribution in [0.4, 0.5) is 0 Å². The molecule has 0 aromatic rings. The minimum Gasteiger partial charge on any atom is -0.114 e. The average molecular weight is 418 g/mol. The van der Waals surface area contributed by atoms with Gasteiger partial charge in [-0.1, -0.05) is 0 Å². The molecule has 0 fully saturated rings. The van der Waals surface area contributed by atoms with Crippen LogP contribution in [0.15, 0.2) is 0 Å². The van der Waals surface area contributed by atoms with E-state index >= 15 is 0 Å². The van der Waals surface area contributed by atoms with Crippen molar-refractivity contribution in [2.75, 3.05) is 0 Å². The van der Waals surface area contributed by atoms with Gasteiger partial charge in [-0.15, -0.1) is 81.9 Å². The van der Waals surface area contributed by atoms with Crippen molar-refractivity contribution in [3.63, 3.8) is 0 Å². The van der Waals surface area contributed by atoms with E-state index in [0.29, 0.717) is 0 Å². The molecule has 0 N–H and O–H groups in total. The Morgan fingerprint density at radius 1 is 0.500 bits per heavy atom. The monoisotopic (exact) mass is 416 g/mol. The van der Waals surface area contributed by atoms with E-state index < -0.39 is 0 Å². The molecule has 4 heavy (non-hydrogen) atoms. The topological polar surface area (TPSA) is 0 Å². The maximum Gasteiger partial charge on any atom is -0.107 e. The fourth-order valence-corrected chi connectivity index (χ4v) is 0. The first-order valence-corrected chi connectivity index (χ1v) is 0. The molecule has 0 spiro atoms. The minimum atomic E-state index is 0. The number of halogens is 4. The molecule has 0 aliphatic carbocycles. The van der Waals surface area contributed by atoms with Gasteiger partial charge in [-0.05, 0) is 0 Å². The highest BCUT2D eigenvalue weighted by Gasteiger charge is -0.106. The second kappa shape index (κ2) is 18.1. The SMILES string of the molecule is Br.Br.I.I. The summed E-state index contributed by atoms with van der Waals surface area (Å²) < 4.78 is 0. The first kappa shape index (κ1) is 32.2. The molecular weight excluding hydrogens is 414 g/mol. The molecule has 0 atom stereocenters. The molecule has 32 valence electrons. The maximum atomic E-state index is 0. The molecule has 0 saturated heterocycles. The van der Waals surface area contributed by atoms with E-state index in [4.69, 9.17) is 0 Å². The van der Waals surface area contributed by atoms with Crippen LogP contribution in [0.3, 0.4) is 0 Å². The van der Waals surface area contributed by atoms with Gasteiger partial charge >= 0.3 is 0 Å². The Kier molecular flexibility index (Phi) is 146. The van der Waals surface area contributed by atoms with Crippen LogP contribution in [0.1, 0.15) is 0 Å². The molecule has 0 aliphatic rings. The van der Waals surface area contributed by atoms with Gasteiger partial charge < -0.3 is 0 Å². The molecule has 4 heteroatoms. The summed E-state index contributed by atoms with van der Waals surface area (Å²) >= 11 is 0. The largest absolute Gasteiger partial charge is 0.114 e. The summed E-state index contributed by atoms with van der Waals surface area (Å²) in [4.78, 5) is 0. The highest BCUT2D eigenvalue weighted by molar-refractivity contribution is 14.0. The summed E-state index contributed by atoms with van der Waals surface area (Å²) in [6, 6.07) is 0. The molecule has 0 saturated carbocycles. The molecule has 0 rings (SSSR count). The van der Waals surface area contributed by atoms with Gasteiger partial charge in [0.15, 0.2) is 0 Å². The summed E-state index contributed by atoms with van der Waals surface area (Å²) in [6.45, 7) is 0. The predicted molar refractivity (Wildman–Crippen MR) is 51.5 cm³/mol. The molecule has 0 unspecified atom stereocenters. The van der Waals surface area contributed by atoms with Crippen molar-refractivity contribution in [2.45, 2.75) is 0 Å². The van der Waals surface area contributed by atoms with Crippen molar-refractivity contribution < 1.29 is 0 Å². The molecule has 0 heterocycles. The highest BCUT2D eigenvalue weighted by Crippen LogP contribution is 0.887. The van der Waals surface area contributed by atoms with Crippen LogP contribution in [-0.2, 0) is 0 Å². The molecule has 0 nitrogen and oxygen atoms in total. The third-order valence-electron chi connectivity index (χ3n) is 0. The Labute approximate surface area is 80.7 Å². The summed E-state index contributed by atoms with van der Waals surface area (Å²) in [5, 5.41) is 0. The maximum absolute atomic E-state index is 0. The van der Waals surface area contributed by atoms with Crippen molar-refractivity contribution in [3.8, 4) is 0 Å². The van der Waals surface area contributed by atoms with Crippen LogP contribution in [0.5, 0.6) is 0 Å². The fourth-order valence-electron chi connectivity index (χ4n) is 0. The van der Waals surface area contributed by atoms with E-state index in [9.17, 15) is 0 Å². The van der Waals surface area contributed by atoms with E-state index in [0.717, 1.165) is 0 Å². The number of hydrogen-bond acceptors (Lipinski definition) is 0. The van der Waals surface area contributed by atoms with Gasteiger partial charge in [0.1, 0.15) is 0 Å². The predicted octanol–water partition coefficient (Wildman–Crippen LogP) is 2.39. The van der Waals surface area contributed by atoms with Crippen molar-refractivity contribution >= 4 is 81.9 Å². The lowest BCUT2D eigenvalue weighted by Gasteiger charge is -0.115. The average Bonchev–Trinajstić information content (AvgIpc) is 0. The summed E-state index contributed by atoms with van der Waals surface area (Å²) in [5.74, 6) is 0. The van der Waals surface area contributed by atoms with Gasteiger partial charge in [0.2, 0.25) is 0 Å². The third kappa shape index (κ3) is 8.83. The molecule has 0 aromatic carbocycles. The third-order valence-corrected chi connectivity index (χ3v) is 0. The molecule has 0 aromatic heterocycles. The van der Waals surface area contributed by atoms with Crippen molar-refractivity contribution in [3.05, 3.63) is 0 Å². The highest BCUT2D eigenvalue weighted by atomic mass is 127. The lowest BCUT2D eigenvalue weighted by molar-refractivity contribution is 8.93. The number of rotatable bonds is 0. The lowest BCUT2D eigenvalue weighted by Crippen LogP contribution is 0.845. The second-order valence-electron chi connectivity index (χ2n) is 0. The van der Waals surface area contributed by atoms with Crippen LogP contribution in [0.2, 0.25) is 0 Å². The summed E-state index contributed by atoms with van der Waals surface area (Å²) in [7, 11) is 0. The van der Waals surface area contributed by atoms with Crippen molar-refractivity contribution in [1.29, 1.82) is 0 Å². The molecular formula is H4Br2I2. The van der Waals surface area contributed by atoms with Crippen LogP contribution in [0, 0.1) is 0 Å². The van der Waals surface area contributed by atoms with Crippen LogP contribution >= 0.6 is 81.9 Å². The molecule has 0 aliphatic heterocycles. The van der Waals surface area contributed by atoms with Crippen LogP contribution < -0.4 is 0 Å². The van der Waals surface area contributed by atoms with E-state index in [1.807, 2.05) is 0 Å². The standard InChI is InChI=1S/2BrH.2HI/h4*1H. The van der Waals surface area contributed by atoms with Gasteiger partial charge in [-0.2, -0.15) is 0 Å². The van der Waals surface area contributed by atoms with Gasteiger partial charge in [0.25, 0.3) is 0 Å². The second-order valence-corrected chi connectivity index (χ2v) is 0. The quantitative estimate of drug-likeness (QED) is 0.531. The lowest BCUT2D eigenvalue weighted by atomic mass is 79.9. The Morgan fingerprint density at radius 3 is 0.500 bits per heavy atom. The minimum absolute atomic E-state index is 0. The Hall–Kier alpha value is 2.42. The van der Waals surface area contributed by atoms with E-state index in [-0.39, 0.29) is 81.9 Å². The Balaban J connectivity index is 0. The molecule has 0 radical (unpaired) electrons. The summed E-state index contributed by atoms with van der Waals surface area (Å²) in [5.41, 5.74) is 0. The fraction of sp³-hybridized carbons (Fsp3) is 0. The van der Waals surface area contributed by atoms with E-state index in [1.165, 1.54) is 0 Å². The van der Waals surface area contributed by atoms with Crippen molar-refractivity contribution in [2.24, 2.45) is 0 Å². The van der Waals surface area contributed by atoms with E-state index in [1.54, 1.807) is 0 Å². The normalized spacial score (nSPS) is 0. The zero-order chi connectivity index (χ0) is 0. The zero-order valence-corrected chi connectivity index (χ0v) is 9.72. The van der Waals surface area contributed by atoms with Gasteiger partial charge in [0.05, 0.1) is 0 Å². The van der Waals surface area contributed by atoms with Gasteiger partial charge in [-0.25, -0.2) is 0 Å². The van der Waals surface area contributed by atoms with Crippen molar-refractivity contribution in [1.82, 2.24) is 0 Å². The Morgan fingerprint density at radius 2 is 0.500 bits per heavy atom.